The average molecular weight is 436 g/mol. The van der Waals surface area contributed by atoms with E-state index < -0.39 is 0 Å². The minimum atomic E-state index is -0.0669. The van der Waals surface area contributed by atoms with Crippen molar-refractivity contribution in [3.63, 3.8) is 0 Å². The summed E-state index contributed by atoms with van der Waals surface area (Å²) in [4.78, 5) is 18.3. The first kappa shape index (κ1) is 21.6. The van der Waals surface area contributed by atoms with E-state index in [0.717, 1.165) is 52.7 Å². The van der Waals surface area contributed by atoms with Crippen molar-refractivity contribution in [2.45, 2.75) is 6.42 Å². The summed E-state index contributed by atoms with van der Waals surface area (Å²) in [5, 5.41) is 4.20. The predicted molar refractivity (Wildman–Crippen MR) is 129 cm³/mol. The molecule has 0 spiro atoms. The van der Waals surface area contributed by atoms with Gasteiger partial charge in [0.1, 0.15) is 0 Å². The first-order valence-corrected chi connectivity index (χ1v) is 11.5. The highest BCUT2D eigenvalue weighted by molar-refractivity contribution is 7.18. The molecule has 31 heavy (non-hydrogen) atoms. The summed E-state index contributed by atoms with van der Waals surface area (Å²) in [6.07, 6.45) is 0.996. The molecule has 0 bridgehead atoms. The van der Waals surface area contributed by atoms with Gasteiger partial charge in [0.2, 0.25) is 0 Å². The molecule has 4 rings (SSSR count). The van der Waals surface area contributed by atoms with Gasteiger partial charge in [-0.2, -0.15) is 0 Å². The fourth-order valence-corrected chi connectivity index (χ4v) is 4.75. The summed E-state index contributed by atoms with van der Waals surface area (Å²) in [5.41, 5.74) is 4.33. The van der Waals surface area contributed by atoms with Crippen LogP contribution in [0.5, 0.6) is 0 Å². The second-order valence-electron chi connectivity index (χ2n) is 8.00. The zero-order chi connectivity index (χ0) is 21.6. The lowest BCUT2D eigenvalue weighted by Crippen LogP contribution is -2.35. The zero-order valence-electron chi connectivity index (χ0n) is 18.1. The van der Waals surface area contributed by atoms with Crippen LogP contribution in [0.3, 0.4) is 0 Å². The third-order valence-electron chi connectivity index (χ3n) is 5.38. The maximum Gasteiger partial charge on any atom is 0.265 e. The van der Waals surface area contributed by atoms with Crippen LogP contribution in [0, 0.1) is 0 Å². The van der Waals surface area contributed by atoms with Crippen molar-refractivity contribution in [2.75, 3.05) is 57.2 Å². The summed E-state index contributed by atoms with van der Waals surface area (Å²) in [6.45, 7) is 4.13. The Bertz CT molecular complexity index is 993. The van der Waals surface area contributed by atoms with Gasteiger partial charge < -0.3 is 19.9 Å². The SMILES string of the molecule is CN(C)CCc1ccc(NC(=O)c2cc(-c3ccccc3)c(N3CCOCC3)s2)cc1. The monoisotopic (exact) mass is 435 g/mol. The second kappa shape index (κ2) is 10.1. The number of morpholine rings is 1. The molecule has 1 aliphatic rings. The Morgan fingerprint density at radius 1 is 1.06 bits per heavy atom. The topological polar surface area (TPSA) is 44.8 Å². The molecular formula is C25H29N3O2S. The number of hydrogen-bond donors (Lipinski definition) is 1. The van der Waals surface area contributed by atoms with Crippen molar-refractivity contribution < 1.29 is 9.53 Å². The maximum absolute atomic E-state index is 13.0. The average Bonchev–Trinajstić information content (AvgIpc) is 3.25. The Hall–Kier alpha value is -2.67. The van der Waals surface area contributed by atoms with Crippen LogP contribution in [0.2, 0.25) is 0 Å². The number of carbonyl (C=O) groups excluding carboxylic acids is 1. The number of thiophene rings is 1. The van der Waals surface area contributed by atoms with Gasteiger partial charge in [0.15, 0.2) is 0 Å². The lowest BCUT2D eigenvalue weighted by molar-refractivity contribution is 0.103. The van der Waals surface area contributed by atoms with Gasteiger partial charge in [0.25, 0.3) is 5.91 Å². The van der Waals surface area contributed by atoms with Crippen LogP contribution in [-0.4, -0.2) is 57.8 Å². The highest BCUT2D eigenvalue weighted by Gasteiger charge is 2.22. The van der Waals surface area contributed by atoms with Crippen molar-refractivity contribution in [3.8, 4) is 11.1 Å². The standard InChI is InChI=1S/C25H29N3O2S/c1-27(2)13-12-19-8-10-21(11-9-19)26-24(29)23-18-22(20-6-4-3-5-7-20)25(31-23)28-14-16-30-17-15-28/h3-11,18H,12-17H2,1-2H3,(H,26,29). The molecule has 1 aromatic heterocycles. The number of ether oxygens (including phenoxy) is 1. The van der Waals surface area contributed by atoms with E-state index in [1.54, 1.807) is 11.3 Å². The van der Waals surface area contributed by atoms with Crippen LogP contribution >= 0.6 is 11.3 Å². The molecule has 0 radical (unpaired) electrons. The van der Waals surface area contributed by atoms with E-state index >= 15 is 0 Å². The van der Waals surface area contributed by atoms with Crippen LogP contribution in [-0.2, 0) is 11.2 Å². The number of rotatable bonds is 7. The highest BCUT2D eigenvalue weighted by atomic mass is 32.1. The highest BCUT2D eigenvalue weighted by Crippen LogP contribution is 2.39. The molecule has 3 aromatic rings. The zero-order valence-corrected chi connectivity index (χ0v) is 19.0. The Labute approximate surface area is 188 Å². The Balaban J connectivity index is 1.53. The first-order valence-electron chi connectivity index (χ1n) is 10.7. The van der Waals surface area contributed by atoms with Crippen molar-refractivity contribution in [3.05, 3.63) is 71.1 Å². The summed E-state index contributed by atoms with van der Waals surface area (Å²) < 4.78 is 5.52. The largest absolute Gasteiger partial charge is 0.378 e. The predicted octanol–water partition coefficient (Wildman–Crippen LogP) is 4.61. The number of carbonyl (C=O) groups is 1. The number of nitrogens with one attached hydrogen (secondary N) is 1. The number of likely N-dealkylation sites (N-methyl/N-ethyl adjacent to an activating group) is 1. The Morgan fingerprint density at radius 3 is 2.45 bits per heavy atom. The summed E-state index contributed by atoms with van der Waals surface area (Å²) in [6, 6.07) is 20.4. The first-order chi connectivity index (χ1) is 15.1. The molecule has 6 heteroatoms. The quantitative estimate of drug-likeness (QED) is 0.589. The molecular weight excluding hydrogens is 406 g/mol. The molecule has 2 heterocycles. The molecule has 2 aromatic carbocycles. The fraction of sp³-hybridized carbons (Fsp3) is 0.320. The fourth-order valence-electron chi connectivity index (χ4n) is 3.62. The van der Waals surface area contributed by atoms with Crippen molar-refractivity contribution >= 4 is 27.9 Å². The van der Waals surface area contributed by atoms with E-state index in [9.17, 15) is 4.79 Å². The van der Waals surface area contributed by atoms with Crippen LogP contribution < -0.4 is 10.2 Å². The maximum atomic E-state index is 13.0. The molecule has 1 aliphatic heterocycles. The summed E-state index contributed by atoms with van der Waals surface area (Å²) in [5.74, 6) is -0.0669. The number of hydrogen-bond acceptors (Lipinski definition) is 5. The van der Waals surface area contributed by atoms with Crippen LogP contribution in [0.4, 0.5) is 10.7 Å². The lowest BCUT2D eigenvalue weighted by Gasteiger charge is -2.28. The third kappa shape index (κ3) is 5.53. The normalized spacial score (nSPS) is 14.1. The van der Waals surface area contributed by atoms with E-state index in [4.69, 9.17) is 4.74 Å². The summed E-state index contributed by atoms with van der Waals surface area (Å²) >= 11 is 1.56. The van der Waals surface area contributed by atoms with E-state index in [0.29, 0.717) is 13.2 Å². The second-order valence-corrected chi connectivity index (χ2v) is 9.03. The number of benzene rings is 2. The van der Waals surface area contributed by atoms with E-state index in [2.05, 4.69) is 53.5 Å². The minimum Gasteiger partial charge on any atom is -0.378 e. The Morgan fingerprint density at radius 2 is 1.77 bits per heavy atom. The van der Waals surface area contributed by atoms with Crippen LogP contribution in [0.15, 0.2) is 60.7 Å². The molecule has 1 amide bonds. The van der Waals surface area contributed by atoms with E-state index in [-0.39, 0.29) is 5.91 Å². The van der Waals surface area contributed by atoms with Crippen molar-refractivity contribution in [2.24, 2.45) is 0 Å². The van der Waals surface area contributed by atoms with Crippen LogP contribution in [0.1, 0.15) is 15.2 Å². The van der Waals surface area contributed by atoms with E-state index in [1.165, 1.54) is 5.56 Å². The molecule has 0 aliphatic carbocycles. The molecule has 5 nitrogen and oxygen atoms in total. The smallest absolute Gasteiger partial charge is 0.265 e. The van der Waals surface area contributed by atoms with Crippen molar-refractivity contribution in [1.82, 2.24) is 4.90 Å². The van der Waals surface area contributed by atoms with Gasteiger partial charge >= 0.3 is 0 Å². The van der Waals surface area contributed by atoms with Crippen molar-refractivity contribution in [1.29, 1.82) is 0 Å². The summed E-state index contributed by atoms with van der Waals surface area (Å²) in [7, 11) is 4.15. The number of nitrogens with zero attached hydrogens (tertiary/aromatic N) is 2. The van der Waals surface area contributed by atoms with Gasteiger partial charge in [-0.25, -0.2) is 0 Å². The van der Waals surface area contributed by atoms with Gasteiger partial charge in [0.05, 0.1) is 23.1 Å². The third-order valence-corrected chi connectivity index (χ3v) is 6.57. The minimum absolute atomic E-state index is 0.0669. The van der Waals surface area contributed by atoms with Gasteiger partial charge in [-0.3, -0.25) is 4.79 Å². The van der Waals surface area contributed by atoms with Gasteiger partial charge in [-0.05, 0) is 49.8 Å². The number of amides is 1. The van der Waals surface area contributed by atoms with Crippen LogP contribution in [0.25, 0.3) is 11.1 Å². The molecule has 0 atom stereocenters. The van der Waals surface area contributed by atoms with Gasteiger partial charge in [-0.15, -0.1) is 11.3 Å². The van der Waals surface area contributed by atoms with Gasteiger partial charge in [0, 0.05) is 30.9 Å². The Kier molecular flexibility index (Phi) is 7.02. The van der Waals surface area contributed by atoms with E-state index in [1.807, 2.05) is 36.4 Å². The lowest BCUT2D eigenvalue weighted by atomic mass is 10.1. The molecule has 162 valence electrons. The molecule has 0 unspecified atom stereocenters. The molecule has 0 saturated carbocycles. The molecule has 1 saturated heterocycles. The molecule has 1 fully saturated rings. The number of anilines is 2. The van der Waals surface area contributed by atoms with Gasteiger partial charge in [-0.1, -0.05) is 42.5 Å². The molecule has 1 N–H and O–H groups in total.